The number of rotatable bonds is 7. The first-order chi connectivity index (χ1) is 15.1. The zero-order valence-corrected chi connectivity index (χ0v) is 18.3. The highest BCUT2D eigenvalue weighted by Crippen LogP contribution is 2.18. The number of anilines is 2. The second-order valence-electron chi connectivity index (χ2n) is 8.59. The van der Waals surface area contributed by atoms with Crippen molar-refractivity contribution in [1.29, 1.82) is 0 Å². The van der Waals surface area contributed by atoms with E-state index in [-0.39, 0.29) is 11.7 Å². The summed E-state index contributed by atoms with van der Waals surface area (Å²) in [5, 5.41) is 3.03. The van der Waals surface area contributed by atoms with Crippen LogP contribution in [0.4, 0.5) is 11.4 Å². The molecule has 2 heterocycles. The predicted molar refractivity (Wildman–Crippen MR) is 125 cm³/mol. The molecule has 2 aliphatic rings. The molecular formula is C25H32N4O2. The number of Topliss-reactive ketones (excluding diaryl/α,β-unsaturated/α-hetero) is 1. The van der Waals surface area contributed by atoms with Crippen molar-refractivity contribution in [2.24, 2.45) is 0 Å². The van der Waals surface area contributed by atoms with Gasteiger partial charge in [-0.05, 0) is 74.8 Å². The molecule has 6 heteroatoms. The number of hydrogen-bond donors (Lipinski definition) is 1. The van der Waals surface area contributed by atoms with Gasteiger partial charge in [-0.3, -0.25) is 19.4 Å². The third-order valence-corrected chi connectivity index (χ3v) is 6.22. The number of carbonyl (C=O) groups excluding carboxylic acids is 2. The molecule has 2 aromatic carbocycles. The van der Waals surface area contributed by atoms with Gasteiger partial charge in [-0.1, -0.05) is 12.1 Å². The molecule has 0 aromatic heterocycles. The highest BCUT2D eigenvalue weighted by molar-refractivity contribution is 5.94. The van der Waals surface area contributed by atoms with Crippen LogP contribution in [0.15, 0.2) is 48.5 Å². The van der Waals surface area contributed by atoms with Gasteiger partial charge >= 0.3 is 0 Å². The van der Waals surface area contributed by atoms with Crippen molar-refractivity contribution in [1.82, 2.24) is 9.80 Å². The van der Waals surface area contributed by atoms with E-state index in [1.54, 1.807) is 6.92 Å². The zero-order valence-electron chi connectivity index (χ0n) is 18.3. The summed E-state index contributed by atoms with van der Waals surface area (Å²) >= 11 is 0. The molecule has 4 rings (SSSR count). The van der Waals surface area contributed by atoms with Crippen LogP contribution in [-0.4, -0.2) is 67.3 Å². The summed E-state index contributed by atoms with van der Waals surface area (Å²) in [6, 6.07) is 16.0. The minimum Gasteiger partial charge on any atom is -0.369 e. The molecule has 164 valence electrons. The summed E-state index contributed by atoms with van der Waals surface area (Å²) in [7, 11) is 0. The quantitative estimate of drug-likeness (QED) is 0.697. The van der Waals surface area contributed by atoms with Gasteiger partial charge in [0, 0.05) is 49.7 Å². The van der Waals surface area contributed by atoms with E-state index in [1.165, 1.54) is 31.5 Å². The van der Waals surface area contributed by atoms with Crippen molar-refractivity contribution < 1.29 is 9.59 Å². The van der Waals surface area contributed by atoms with Crippen LogP contribution in [0, 0.1) is 0 Å². The lowest BCUT2D eigenvalue weighted by atomic mass is 10.1. The molecule has 0 bridgehead atoms. The molecule has 0 aliphatic carbocycles. The largest absolute Gasteiger partial charge is 0.369 e. The van der Waals surface area contributed by atoms with Crippen LogP contribution < -0.4 is 10.2 Å². The molecule has 2 aromatic rings. The second-order valence-corrected chi connectivity index (χ2v) is 8.59. The number of ketones is 1. The van der Waals surface area contributed by atoms with E-state index in [1.807, 2.05) is 36.4 Å². The number of amides is 1. The fourth-order valence-electron chi connectivity index (χ4n) is 4.37. The molecular weight excluding hydrogens is 388 g/mol. The van der Waals surface area contributed by atoms with Crippen LogP contribution in [-0.2, 0) is 11.3 Å². The van der Waals surface area contributed by atoms with E-state index in [4.69, 9.17) is 0 Å². The molecule has 2 fully saturated rings. The topological polar surface area (TPSA) is 55.9 Å². The molecule has 2 saturated heterocycles. The SMILES string of the molecule is CC(=O)c1ccc(N2CCN(CC(=O)Nc3ccc(CN4CCCC4)cc3)CC2)cc1. The Morgan fingerprint density at radius 2 is 1.45 bits per heavy atom. The summed E-state index contributed by atoms with van der Waals surface area (Å²) in [6.07, 6.45) is 2.60. The normalized spacial score (nSPS) is 17.6. The highest BCUT2D eigenvalue weighted by Gasteiger charge is 2.19. The van der Waals surface area contributed by atoms with E-state index >= 15 is 0 Å². The van der Waals surface area contributed by atoms with Gasteiger partial charge in [-0.15, -0.1) is 0 Å². The van der Waals surface area contributed by atoms with Gasteiger partial charge in [0.25, 0.3) is 0 Å². The van der Waals surface area contributed by atoms with Crippen LogP contribution in [0.25, 0.3) is 0 Å². The van der Waals surface area contributed by atoms with Gasteiger partial charge in [-0.2, -0.15) is 0 Å². The van der Waals surface area contributed by atoms with Crippen molar-refractivity contribution >= 4 is 23.1 Å². The lowest BCUT2D eigenvalue weighted by Gasteiger charge is -2.35. The number of nitrogens with one attached hydrogen (secondary N) is 1. The molecule has 0 saturated carbocycles. The fraction of sp³-hybridized carbons (Fsp3) is 0.440. The Labute approximate surface area is 184 Å². The first-order valence-corrected chi connectivity index (χ1v) is 11.3. The predicted octanol–water partition coefficient (Wildman–Crippen LogP) is 3.25. The molecule has 6 nitrogen and oxygen atoms in total. The lowest BCUT2D eigenvalue weighted by molar-refractivity contribution is -0.117. The van der Waals surface area contributed by atoms with Crippen LogP contribution in [0.3, 0.4) is 0 Å². The van der Waals surface area contributed by atoms with Crippen molar-refractivity contribution in [2.45, 2.75) is 26.3 Å². The Morgan fingerprint density at radius 1 is 0.806 bits per heavy atom. The van der Waals surface area contributed by atoms with Crippen molar-refractivity contribution in [3.05, 3.63) is 59.7 Å². The molecule has 1 N–H and O–H groups in total. The molecule has 0 spiro atoms. The van der Waals surface area contributed by atoms with Gasteiger partial charge in [0.15, 0.2) is 5.78 Å². The summed E-state index contributed by atoms with van der Waals surface area (Å²) in [5.41, 5.74) is 4.03. The number of carbonyl (C=O) groups is 2. The standard InChI is InChI=1S/C25H32N4O2/c1-20(30)22-6-10-24(11-7-22)29-16-14-28(15-17-29)19-25(31)26-23-8-4-21(5-9-23)18-27-12-2-3-13-27/h4-11H,2-3,12-19H2,1H3,(H,26,31). The maximum absolute atomic E-state index is 12.5. The van der Waals surface area contributed by atoms with Crippen molar-refractivity contribution in [2.75, 3.05) is 56.0 Å². The molecule has 1 amide bonds. The van der Waals surface area contributed by atoms with Crippen LogP contribution in [0.5, 0.6) is 0 Å². The minimum atomic E-state index is 0.0338. The third-order valence-electron chi connectivity index (χ3n) is 6.22. The average Bonchev–Trinajstić information content (AvgIpc) is 3.29. The number of hydrogen-bond acceptors (Lipinski definition) is 5. The smallest absolute Gasteiger partial charge is 0.238 e. The average molecular weight is 421 g/mol. The number of nitrogens with zero attached hydrogens (tertiary/aromatic N) is 3. The Balaban J connectivity index is 1.21. The highest BCUT2D eigenvalue weighted by atomic mass is 16.2. The van der Waals surface area contributed by atoms with Gasteiger partial charge in [0.1, 0.15) is 0 Å². The molecule has 2 aliphatic heterocycles. The summed E-state index contributed by atoms with van der Waals surface area (Å²) in [5.74, 6) is 0.121. The van der Waals surface area contributed by atoms with Crippen LogP contribution in [0.2, 0.25) is 0 Å². The molecule has 31 heavy (non-hydrogen) atoms. The van der Waals surface area contributed by atoms with Crippen molar-refractivity contribution in [3.8, 4) is 0 Å². The monoisotopic (exact) mass is 420 g/mol. The Kier molecular flexibility index (Phi) is 6.99. The van der Waals surface area contributed by atoms with Gasteiger partial charge in [-0.25, -0.2) is 0 Å². The minimum absolute atomic E-state index is 0.0338. The summed E-state index contributed by atoms with van der Waals surface area (Å²) in [6.45, 7) is 8.80. The van der Waals surface area contributed by atoms with Gasteiger partial charge in [0.2, 0.25) is 5.91 Å². The molecule has 0 radical (unpaired) electrons. The van der Waals surface area contributed by atoms with E-state index in [0.717, 1.165) is 49.7 Å². The van der Waals surface area contributed by atoms with E-state index < -0.39 is 0 Å². The Morgan fingerprint density at radius 3 is 2.06 bits per heavy atom. The van der Waals surface area contributed by atoms with Gasteiger partial charge in [0.05, 0.1) is 6.54 Å². The van der Waals surface area contributed by atoms with E-state index in [0.29, 0.717) is 6.54 Å². The lowest BCUT2D eigenvalue weighted by Crippen LogP contribution is -2.48. The zero-order chi connectivity index (χ0) is 21.6. The third kappa shape index (κ3) is 5.93. The molecule has 0 atom stereocenters. The maximum Gasteiger partial charge on any atom is 0.238 e. The molecule has 0 unspecified atom stereocenters. The number of piperazine rings is 1. The first kappa shape index (κ1) is 21.5. The Bertz CT molecular complexity index is 881. The van der Waals surface area contributed by atoms with Crippen LogP contribution >= 0.6 is 0 Å². The van der Waals surface area contributed by atoms with Crippen LogP contribution in [0.1, 0.15) is 35.7 Å². The van der Waals surface area contributed by atoms with E-state index in [9.17, 15) is 9.59 Å². The maximum atomic E-state index is 12.5. The Hall–Kier alpha value is -2.70. The second kappa shape index (κ2) is 10.1. The summed E-state index contributed by atoms with van der Waals surface area (Å²) < 4.78 is 0. The number of likely N-dealkylation sites (tertiary alicyclic amines) is 1. The fourth-order valence-corrected chi connectivity index (χ4v) is 4.37. The van der Waals surface area contributed by atoms with Gasteiger partial charge < -0.3 is 10.2 Å². The number of benzene rings is 2. The van der Waals surface area contributed by atoms with E-state index in [2.05, 4.69) is 32.1 Å². The first-order valence-electron chi connectivity index (χ1n) is 11.3. The van der Waals surface area contributed by atoms with Crippen molar-refractivity contribution in [3.63, 3.8) is 0 Å². The summed E-state index contributed by atoms with van der Waals surface area (Å²) in [4.78, 5) is 30.9.